The van der Waals surface area contributed by atoms with Gasteiger partial charge >= 0.3 is 0 Å². The molecule has 116 valence electrons. The number of aromatic hydroxyl groups is 1. The molecular formula is C18H27NOS. The van der Waals surface area contributed by atoms with Crippen molar-refractivity contribution in [1.29, 1.82) is 0 Å². The first kappa shape index (κ1) is 15.2. The Morgan fingerprint density at radius 1 is 1.48 bits per heavy atom. The average molecular weight is 305 g/mol. The second-order valence-electron chi connectivity index (χ2n) is 7.11. The minimum Gasteiger partial charge on any atom is -0.508 e. The Morgan fingerprint density at radius 3 is 2.95 bits per heavy atom. The van der Waals surface area contributed by atoms with E-state index in [9.17, 15) is 5.11 Å². The number of phenolic OH excluding ortho intramolecular Hbond substituents is 1. The molecule has 0 aromatic heterocycles. The third kappa shape index (κ3) is 2.49. The van der Waals surface area contributed by atoms with Gasteiger partial charge in [-0.2, -0.15) is 11.8 Å². The van der Waals surface area contributed by atoms with E-state index in [1.54, 1.807) is 0 Å². The Morgan fingerprint density at radius 2 is 2.24 bits per heavy atom. The molecule has 2 bridgehead atoms. The molecule has 1 aromatic carbocycles. The maximum atomic E-state index is 9.88. The van der Waals surface area contributed by atoms with Gasteiger partial charge in [0.25, 0.3) is 0 Å². The van der Waals surface area contributed by atoms with E-state index in [0.717, 1.165) is 6.42 Å². The second kappa shape index (κ2) is 5.51. The number of phenols is 1. The van der Waals surface area contributed by atoms with Gasteiger partial charge in [-0.05, 0) is 60.2 Å². The summed E-state index contributed by atoms with van der Waals surface area (Å²) >= 11 is 1.96. The number of nitrogens with zero attached hydrogens (tertiary/aromatic N) is 1. The molecule has 2 aliphatic rings. The van der Waals surface area contributed by atoms with Gasteiger partial charge < -0.3 is 5.11 Å². The first-order valence-corrected chi connectivity index (χ1v) is 9.33. The van der Waals surface area contributed by atoms with Gasteiger partial charge in [0.2, 0.25) is 0 Å². The number of fused-ring (bicyclic) bond motifs is 4. The highest BCUT2D eigenvalue weighted by Crippen LogP contribution is 2.49. The molecule has 0 saturated carbocycles. The maximum absolute atomic E-state index is 9.88. The van der Waals surface area contributed by atoms with E-state index in [-0.39, 0.29) is 5.41 Å². The van der Waals surface area contributed by atoms with Crippen LogP contribution in [0.2, 0.25) is 0 Å². The smallest absolute Gasteiger partial charge is 0.115 e. The summed E-state index contributed by atoms with van der Waals surface area (Å²) in [6.07, 6.45) is 4.54. The van der Waals surface area contributed by atoms with Gasteiger partial charge in [-0.15, -0.1) is 0 Å². The Labute approximate surface area is 132 Å². The molecule has 0 radical (unpaired) electrons. The van der Waals surface area contributed by atoms with Crippen LogP contribution in [0.3, 0.4) is 0 Å². The van der Waals surface area contributed by atoms with Crippen LogP contribution >= 0.6 is 11.8 Å². The van der Waals surface area contributed by atoms with Gasteiger partial charge in [0.05, 0.1) is 0 Å². The van der Waals surface area contributed by atoms with E-state index in [0.29, 0.717) is 23.0 Å². The average Bonchev–Trinajstić information content (AvgIpc) is 2.46. The van der Waals surface area contributed by atoms with Crippen molar-refractivity contribution in [1.82, 2.24) is 4.90 Å². The van der Waals surface area contributed by atoms with Crippen molar-refractivity contribution < 1.29 is 5.11 Å². The van der Waals surface area contributed by atoms with E-state index in [1.165, 1.54) is 30.6 Å². The summed E-state index contributed by atoms with van der Waals surface area (Å²) in [5, 5.41) is 10.6. The highest BCUT2D eigenvalue weighted by Gasteiger charge is 2.48. The van der Waals surface area contributed by atoms with Crippen molar-refractivity contribution in [3.05, 3.63) is 29.3 Å². The summed E-state index contributed by atoms with van der Waals surface area (Å²) < 4.78 is 0. The molecule has 21 heavy (non-hydrogen) atoms. The SMILES string of the molecule is CS[C@H](C)CN1CC[C@]2(C)c3cc(O)ccc3C[C@@H]1[C@H]2C. The van der Waals surface area contributed by atoms with E-state index < -0.39 is 0 Å². The second-order valence-corrected chi connectivity index (χ2v) is 8.39. The van der Waals surface area contributed by atoms with Gasteiger partial charge in [-0.3, -0.25) is 4.90 Å². The number of hydrogen-bond acceptors (Lipinski definition) is 3. The summed E-state index contributed by atoms with van der Waals surface area (Å²) in [6, 6.07) is 6.66. The number of thioether (sulfide) groups is 1. The lowest BCUT2D eigenvalue weighted by Gasteiger charge is -2.55. The maximum Gasteiger partial charge on any atom is 0.115 e. The number of piperidine rings is 1. The zero-order valence-corrected chi connectivity index (χ0v) is 14.4. The van der Waals surface area contributed by atoms with Gasteiger partial charge in [0.1, 0.15) is 5.75 Å². The first-order chi connectivity index (χ1) is 9.95. The van der Waals surface area contributed by atoms with E-state index >= 15 is 0 Å². The fourth-order valence-corrected chi connectivity index (χ4v) is 4.67. The summed E-state index contributed by atoms with van der Waals surface area (Å²) in [5.74, 6) is 1.06. The Balaban J connectivity index is 1.94. The molecule has 0 spiro atoms. The summed E-state index contributed by atoms with van der Waals surface area (Å²) in [6.45, 7) is 9.52. The van der Waals surface area contributed by atoms with Crippen molar-refractivity contribution in [2.24, 2.45) is 5.92 Å². The zero-order chi connectivity index (χ0) is 15.2. The van der Waals surface area contributed by atoms with Gasteiger partial charge in [0, 0.05) is 17.8 Å². The predicted molar refractivity (Wildman–Crippen MR) is 91.3 cm³/mol. The minimum atomic E-state index is 0.218. The quantitative estimate of drug-likeness (QED) is 0.922. The fraction of sp³-hybridized carbons (Fsp3) is 0.667. The standard InChI is InChI=1S/C18H27NOS/c1-12(21-4)11-19-8-7-18(3)13(2)17(19)9-14-5-6-15(20)10-16(14)18/h5-6,10,12-13,17,20H,7-9,11H2,1-4H3/t12-,13-,17-,18+/m1/s1. The van der Waals surface area contributed by atoms with Gasteiger partial charge in [0.15, 0.2) is 0 Å². The Kier molecular flexibility index (Phi) is 4.00. The lowest BCUT2D eigenvalue weighted by atomic mass is 9.59. The lowest BCUT2D eigenvalue weighted by Crippen LogP contribution is -2.58. The zero-order valence-electron chi connectivity index (χ0n) is 13.6. The number of benzene rings is 1. The van der Waals surface area contributed by atoms with Crippen LogP contribution in [0.15, 0.2) is 18.2 Å². The molecular weight excluding hydrogens is 278 g/mol. The molecule has 1 aliphatic carbocycles. The third-order valence-corrected chi connectivity index (χ3v) is 6.96. The number of likely N-dealkylation sites (tertiary alicyclic amines) is 1. The van der Waals surface area contributed by atoms with Crippen LogP contribution in [0.1, 0.15) is 38.3 Å². The molecule has 3 heteroatoms. The molecule has 1 heterocycles. The van der Waals surface area contributed by atoms with Crippen molar-refractivity contribution in [3.63, 3.8) is 0 Å². The van der Waals surface area contributed by atoms with Crippen LogP contribution in [0.25, 0.3) is 0 Å². The lowest BCUT2D eigenvalue weighted by molar-refractivity contribution is 0.0325. The highest BCUT2D eigenvalue weighted by molar-refractivity contribution is 7.99. The summed E-state index contributed by atoms with van der Waals surface area (Å²) in [7, 11) is 0. The molecule has 0 unspecified atom stereocenters. The molecule has 1 N–H and O–H groups in total. The Bertz CT molecular complexity index is 532. The molecule has 1 aromatic rings. The predicted octanol–water partition coefficient (Wildman–Crippen LogP) is 3.67. The van der Waals surface area contributed by atoms with Crippen LogP contribution in [-0.4, -0.2) is 40.6 Å². The van der Waals surface area contributed by atoms with Crippen molar-refractivity contribution >= 4 is 11.8 Å². The van der Waals surface area contributed by atoms with Crippen molar-refractivity contribution in [2.45, 2.75) is 50.3 Å². The van der Waals surface area contributed by atoms with Crippen LogP contribution in [0, 0.1) is 5.92 Å². The molecule has 1 saturated heterocycles. The normalized spacial score (nSPS) is 33.5. The van der Waals surface area contributed by atoms with E-state index in [4.69, 9.17) is 0 Å². The van der Waals surface area contributed by atoms with Gasteiger partial charge in [-0.25, -0.2) is 0 Å². The number of rotatable bonds is 3. The Hall–Kier alpha value is -0.670. The molecule has 2 nitrogen and oxygen atoms in total. The number of hydrogen-bond donors (Lipinski definition) is 1. The third-order valence-electron chi connectivity index (χ3n) is 6.00. The highest BCUT2D eigenvalue weighted by atomic mass is 32.2. The largest absolute Gasteiger partial charge is 0.508 e. The summed E-state index contributed by atoms with van der Waals surface area (Å²) in [5.41, 5.74) is 3.06. The molecule has 3 rings (SSSR count). The van der Waals surface area contributed by atoms with Crippen molar-refractivity contribution in [2.75, 3.05) is 19.3 Å². The van der Waals surface area contributed by atoms with Crippen LogP contribution in [0.5, 0.6) is 5.75 Å². The monoisotopic (exact) mass is 305 g/mol. The van der Waals surface area contributed by atoms with Crippen LogP contribution in [0.4, 0.5) is 0 Å². The molecule has 1 fully saturated rings. The van der Waals surface area contributed by atoms with Gasteiger partial charge in [-0.1, -0.05) is 26.8 Å². The van der Waals surface area contributed by atoms with E-state index in [1.807, 2.05) is 23.9 Å². The van der Waals surface area contributed by atoms with Crippen molar-refractivity contribution in [3.8, 4) is 5.75 Å². The minimum absolute atomic E-state index is 0.218. The van der Waals surface area contributed by atoms with Crippen LogP contribution in [-0.2, 0) is 11.8 Å². The molecule has 1 aliphatic heterocycles. The molecule has 0 amide bonds. The first-order valence-electron chi connectivity index (χ1n) is 8.05. The topological polar surface area (TPSA) is 23.5 Å². The van der Waals surface area contributed by atoms with Crippen LogP contribution < -0.4 is 0 Å². The summed E-state index contributed by atoms with van der Waals surface area (Å²) in [4.78, 5) is 2.71. The fourth-order valence-electron chi connectivity index (χ4n) is 4.33. The van der Waals surface area contributed by atoms with E-state index in [2.05, 4.69) is 38.0 Å². The molecule has 4 atom stereocenters.